The van der Waals surface area contributed by atoms with Crippen molar-refractivity contribution in [3.05, 3.63) is 35.4 Å². The van der Waals surface area contributed by atoms with Crippen LogP contribution in [0, 0.1) is 18.3 Å². The maximum Gasteiger partial charge on any atom is 0.166 e. The van der Waals surface area contributed by atoms with Crippen LogP contribution in [0.5, 0.6) is 0 Å². The second kappa shape index (κ2) is 5.19. The molecule has 2 fully saturated rings. The quantitative estimate of drug-likeness (QED) is 0.648. The van der Waals surface area contributed by atoms with Crippen molar-refractivity contribution in [1.29, 1.82) is 0 Å². The number of nitrogens with one attached hydrogen (secondary N) is 1. The first kappa shape index (κ1) is 12.4. The number of fused-ring (bicyclic) bond motifs is 2. The van der Waals surface area contributed by atoms with E-state index in [4.69, 9.17) is 6.42 Å². The molecule has 1 N–H and O–H groups in total. The van der Waals surface area contributed by atoms with E-state index in [2.05, 4.69) is 11.2 Å². The second-order valence-corrected chi connectivity index (χ2v) is 5.75. The average molecular weight is 253 g/mol. The van der Waals surface area contributed by atoms with Crippen molar-refractivity contribution >= 4 is 5.78 Å². The van der Waals surface area contributed by atoms with Crippen LogP contribution in [0.15, 0.2) is 24.3 Å². The lowest BCUT2D eigenvalue weighted by molar-refractivity contribution is 0.0825. The summed E-state index contributed by atoms with van der Waals surface area (Å²) in [6.07, 6.45) is 11.1. The molecule has 2 atom stereocenters. The van der Waals surface area contributed by atoms with E-state index in [0.29, 0.717) is 17.9 Å². The zero-order valence-corrected chi connectivity index (χ0v) is 11.1. The Bertz CT molecular complexity index is 499. The number of carbonyl (C=O) groups is 1. The molecule has 0 aromatic heterocycles. The lowest BCUT2D eigenvalue weighted by Gasteiger charge is -2.39. The third-order valence-corrected chi connectivity index (χ3v) is 4.42. The summed E-state index contributed by atoms with van der Waals surface area (Å²) in [5.74, 6) is 3.07. The highest BCUT2D eigenvalue weighted by Gasteiger charge is 2.34. The van der Waals surface area contributed by atoms with Gasteiger partial charge in [0.2, 0.25) is 0 Å². The molecule has 2 bridgehead atoms. The fourth-order valence-electron chi connectivity index (χ4n) is 3.45. The number of carbonyl (C=O) groups excluding carboxylic acids is 1. The molecule has 0 amide bonds. The highest BCUT2D eigenvalue weighted by molar-refractivity contribution is 5.98. The van der Waals surface area contributed by atoms with E-state index in [1.54, 1.807) is 0 Å². The van der Waals surface area contributed by atoms with Crippen LogP contribution in [0.3, 0.4) is 0 Å². The molecule has 1 aromatic rings. The summed E-state index contributed by atoms with van der Waals surface area (Å²) >= 11 is 0. The van der Waals surface area contributed by atoms with Crippen molar-refractivity contribution in [2.75, 3.05) is 0 Å². The predicted molar refractivity (Wildman–Crippen MR) is 76.0 cm³/mol. The minimum absolute atomic E-state index is 0.188. The minimum Gasteiger partial charge on any atom is -0.311 e. The van der Waals surface area contributed by atoms with Gasteiger partial charge >= 0.3 is 0 Å². The summed E-state index contributed by atoms with van der Waals surface area (Å²) in [5.41, 5.74) is 1.64. The molecule has 2 heteroatoms. The molecule has 2 aliphatic heterocycles. The maximum absolute atomic E-state index is 12.6. The van der Waals surface area contributed by atoms with Gasteiger partial charge in [-0.05, 0) is 37.8 Å². The van der Waals surface area contributed by atoms with Crippen LogP contribution >= 0.6 is 0 Å². The lowest BCUT2D eigenvalue weighted by atomic mass is 9.77. The van der Waals surface area contributed by atoms with Crippen LogP contribution in [0.2, 0.25) is 0 Å². The summed E-state index contributed by atoms with van der Waals surface area (Å²) in [5, 5.41) is 3.63. The number of terminal acetylenes is 1. The molecule has 0 radical (unpaired) electrons. The summed E-state index contributed by atoms with van der Waals surface area (Å²) in [7, 11) is 0. The van der Waals surface area contributed by atoms with Gasteiger partial charge < -0.3 is 5.32 Å². The molecule has 2 saturated heterocycles. The topological polar surface area (TPSA) is 29.1 Å². The number of benzene rings is 1. The van der Waals surface area contributed by atoms with Crippen molar-refractivity contribution in [2.45, 2.75) is 44.2 Å². The van der Waals surface area contributed by atoms with Gasteiger partial charge in [-0.1, -0.05) is 24.5 Å². The molecule has 2 nitrogen and oxygen atoms in total. The monoisotopic (exact) mass is 253 g/mol. The largest absolute Gasteiger partial charge is 0.311 e. The van der Waals surface area contributed by atoms with Crippen molar-refractivity contribution in [1.82, 2.24) is 5.32 Å². The molecule has 3 rings (SSSR count). The SMILES string of the molecule is C#Cc1ccc(C(=O)C2CC3CCCC(C2)N3)cc1. The number of Topliss-reactive ketones (excluding diaryl/α,β-unsaturated/α-hetero) is 1. The van der Waals surface area contributed by atoms with Gasteiger partial charge in [0.05, 0.1) is 0 Å². The maximum atomic E-state index is 12.6. The molecular weight excluding hydrogens is 234 g/mol. The molecule has 19 heavy (non-hydrogen) atoms. The van der Waals surface area contributed by atoms with Gasteiger partial charge in [-0.2, -0.15) is 0 Å². The fraction of sp³-hybridized carbons (Fsp3) is 0.471. The molecule has 1 aromatic carbocycles. The Kier molecular flexibility index (Phi) is 3.40. The van der Waals surface area contributed by atoms with Crippen molar-refractivity contribution < 1.29 is 4.79 Å². The summed E-state index contributed by atoms with van der Waals surface area (Å²) in [4.78, 5) is 12.6. The van der Waals surface area contributed by atoms with Gasteiger partial charge in [0.15, 0.2) is 5.78 Å². The highest BCUT2D eigenvalue weighted by Crippen LogP contribution is 2.31. The predicted octanol–water partition coefficient (Wildman–Crippen LogP) is 2.77. The zero-order chi connectivity index (χ0) is 13.2. The Morgan fingerprint density at radius 3 is 2.37 bits per heavy atom. The summed E-state index contributed by atoms with van der Waals surface area (Å²) < 4.78 is 0. The Morgan fingerprint density at radius 1 is 1.16 bits per heavy atom. The molecule has 2 aliphatic rings. The first-order valence-corrected chi connectivity index (χ1v) is 7.13. The van der Waals surface area contributed by atoms with Gasteiger partial charge in [-0.3, -0.25) is 4.79 Å². The molecular formula is C17H19NO. The van der Waals surface area contributed by atoms with E-state index in [0.717, 1.165) is 24.0 Å². The lowest BCUT2D eigenvalue weighted by Crippen LogP contribution is -2.50. The Hall–Kier alpha value is -1.59. The van der Waals surface area contributed by atoms with Gasteiger partial charge in [-0.25, -0.2) is 0 Å². The third kappa shape index (κ3) is 2.57. The van der Waals surface area contributed by atoms with Crippen molar-refractivity contribution in [3.63, 3.8) is 0 Å². The molecule has 0 aliphatic carbocycles. The van der Waals surface area contributed by atoms with E-state index in [-0.39, 0.29) is 5.92 Å². The van der Waals surface area contributed by atoms with E-state index < -0.39 is 0 Å². The molecule has 0 saturated carbocycles. The minimum atomic E-state index is 0.188. The Morgan fingerprint density at radius 2 is 1.79 bits per heavy atom. The average Bonchev–Trinajstić information content (AvgIpc) is 2.46. The Labute approximate surface area is 114 Å². The second-order valence-electron chi connectivity index (χ2n) is 5.75. The first-order chi connectivity index (χ1) is 9.26. The number of hydrogen-bond acceptors (Lipinski definition) is 2. The third-order valence-electron chi connectivity index (χ3n) is 4.42. The van der Waals surface area contributed by atoms with Crippen LogP contribution in [0.4, 0.5) is 0 Å². The van der Waals surface area contributed by atoms with Crippen molar-refractivity contribution in [3.8, 4) is 12.3 Å². The zero-order valence-electron chi connectivity index (χ0n) is 11.1. The highest BCUT2D eigenvalue weighted by atomic mass is 16.1. The number of hydrogen-bond donors (Lipinski definition) is 1. The van der Waals surface area contributed by atoms with E-state index in [9.17, 15) is 4.79 Å². The van der Waals surface area contributed by atoms with Gasteiger partial charge in [0.1, 0.15) is 0 Å². The summed E-state index contributed by atoms with van der Waals surface area (Å²) in [6.45, 7) is 0. The number of rotatable bonds is 2. The normalized spacial score (nSPS) is 29.5. The van der Waals surface area contributed by atoms with Crippen LogP contribution < -0.4 is 5.32 Å². The fourth-order valence-corrected chi connectivity index (χ4v) is 3.45. The van der Waals surface area contributed by atoms with Crippen LogP contribution in [-0.4, -0.2) is 17.9 Å². The van der Waals surface area contributed by atoms with Crippen LogP contribution in [0.1, 0.15) is 48.0 Å². The van der Waals surface area contributed by atoms with Crippen molar-refractivity contribution in [2.24, 2.45) is 5.92 Å². The molecule has 0 spiro atoms. The summed E-state index contributed by atoms with van der Waals surface area (Å²) in [6, 6.07) is 8.55. The van der Waals surface area contributed by atoms with E-state index in [1.165, 1.54) is 19.3 Å². The Balaban J connectivity index is 1.74. The van der Waals surface area contributed by atoms with Gasteiger partial charge in [0, 0.05) is 29.1 Å². The molecule has 98 valence electrons. The first-order valence-electron chi connectivity index (χ1n) is 7.13. The standard InChI is InChI=1S/C17H19NO/c1-2-12-6-8-13(9-7-12)17(19)14-10-15-4-3-5-16(11-14)18-15/h1,6-9,14-16,18H,3-5,10-11H2. The van der Waals surface area contributed by atoms with Gasteiger partial charge in [-0.15, -0.1) is 6.42 Å². The van der Waals surface area contributed by atoms with E-state index in [1.807, 2.05) is 24.3 Å². The number of piperidine rings is 2. The number of ketones is 1. The van der Waals surface area contributed by atoms with E-state index >= 15 is 0 Å². The smallest absolute Gasteiger partial charge is 0.166 e. The van der Waals surface area contributed by atoms with Crippen LogP contribution in [0.25, 0.3) is 0 Å². The molecule has 2 heterocycles. The molecule has 2 unspecified atom stereocenters. The van der Waals surface area contributed by atoms with Gasteiger partial charge in [0.25, 0.3) is 0 Å². The van der Waals surface area contributed by atoms with Crippen LogP contribution in [-0.2, 0) is 0 Å².